The maximum atomic E-state index is 12.7. The second kappa shape index (κ2) is 50.8. The lowest BCUT2D eigenvalue weighted by atomic mass is 9.99. The minimum Gasteiger partial charge on any atom is -0.462 e. The monoisotopic (exact) mass is 905 g/mol. The van der Waals surface area contributed by atoms with Gasteiger partial charge in [0.05, 0.1) is 0 Å². The van der Waals surface area contributed by atoms with Gasteiger partial charge in [0.1, 0.15) is 13.2 Å². The van der Waals surface area contributed by atoms with E-state index in [0.29, 0.717) is 19.3 Å². The third-order valence-electron chi connectivity index (χ3n) is 13.6. The van der Waals surface area contributed by atoms with E-state index in [0.717, 1.165) is 69.6 Å². The van der Waals surface area contributed by atoms with Crippen LogP contribution in [0.1, 0.15) is 324 Å². The van der Waals surface area contributed by atoms with Crippen molar-refractivity contribution in [3.8, 4) is 0 Å². The molecule has 1 unspecified atom stereocenters. The molecule has 6 nitrogen and oxygen atoms in total. The van der Waals surface area contributed by atoms with Crippen molar-refractivity contribution in [2.75, 3.05) is 13.2 Å². The van der Waals surface area contributed by atoms with Gasteiger partial charge in [0.25, 0.3) is 0 Å². The zero-order chi connectivity index (χ0) is 46.8. The van der Waals surface area contributed by atoms with Crippen molar-refractivity contribution in [1.82, 2.24) is 0 Å². The Kier molecular flexibility index (Phi) is 49.6. The highest BCUT2D eigenvalue weighted by Crippen LogP contribution is 2.19. The molecule has 0 aromatic carbocycles. The summed E-state index contributed by atoms with van der Waals surface area (Å²) in [5, 5.41) is 0. The van der Waals surface area contributed by atoms with E-state index in [9.17, 15) is 14.4 Å². The van der Waals surface area contributed by atoms with E-state index in [-0.39, 0.29) is 31.1 Å². The summed E-state index contributed by atoms with van der Waals surface area (Å²) in [4.78, 5) is 37.9. The highest BCUT2D eigenvalue weighted by molar-refractivity contribution is 5.71. The van der Waals surface area contributed by atoms with Gasteiger partial charge in [0, 0.05) is 19.3 Å². The standard InChI is InChI=1S/C58H112O6/c1-6-8-9-10-31-40-45-50-58(61)64-55(52-63-57(60)49-44-39-35-30-26-22-18-17-20-24-28-33-37-42-47-54(5)7-2)51-62-56(59)48-43-38-34-29-25-21-16-14-12-11-13-15-19-23-27-32-36-41-46-53(3)4/h53-55H,6-52H2,1-5H3/t54?,55-/m1/s1. The topological polar surface area (TPSA) is 78.9 Å². The third kappa shape index (κ3) is 49.8. The summed E-state index contributed by atoms with van der Waals surface area (Å²) >= 11 is 0. The molecule has 0 heterocycles. The molecule has 64 heavy (non-hydrogen) atoms. The van der Waals surface area contributed by atoms with E-state index in [2.05, 4.69) is 34.6 Å². The highest BCUT2D eigenvalue weighted by atomic mass is 16.6. The summed E-state index contributed by atoms with van der Waals surface area (Å²) in [6.45, 7) is 11.4. The van der Waals surface area contributed by atoms with Crippen LogP contribution in [0.5, 0.6) is 0 Å². The van der Waals surface area contributed by atoms with Gasteiger partial charge in [0.15, 0.2) is 6.10 Å². The fourth-order valence-corrected chi connectivity index (χ4v) is 8.84. The van der Waals surface area contributed by atoms with Crippen molar-refractivity contribution in [3.63, 3.8) is 0 Å². The van der Waals surface area contributed by atoms with Crippen LogP contribution in [0.4, 0.5) is 0 Å². The van der Waals surface area contributed by atoms with Crippen LogP contribution in [-0.2, 0) is 28.6 Å². The molecule has 0 saturated heterocycles. The van der Waals surface area contributed by atoms with Crippen LogP contribution in [-0.4, -0.2) is 37.2 Å². The van der Waals surface area contributed by atoms with Gasteiger partial charge in [-0.2, -0.15) is 0 Å². The molecule has 2 atom stereocenters. The summed E-state index contributed by atoms with van der Waals surface area (Å²) in [5.41, 5.74) is 0. The number of rotatable bonds is 52. The van der Waals surface area contributed by atoms with Crippen molar-refractivity contribution in [2.45, 2.75) is 330 Å². The maximum Gasteiger partial charge on any atom is 0.306 e. The van der Waals surface area contributed by atoms with Gasteiger partial charge in [-0.3, -0.25) is 14.4 Å². The Morgan fingerprint density at radius 1 is 0.328 bits per heavy atom. The van der Waals surface area contributed by atoms with Gasteiger partial charge >= 0.3 is 17.9 Å². The van der Waals surface area contributed by atoms with Crippen LogP contribution in [0.3, 0.4) is 0 Å². The zero-order valence-corrected chi connectivity index (χ0v) is 43.9. The second-order valence-electron chi connectivity index (χ2n) is 20.6. The Hall–Kier alpha value is -1.59. The van der Waals surface area contributed by atoms with Gasteiger partial charge < -0.3 is 14.2 Å². The minimum absolute atomic E-state index is 0.0634. The number of unbranched alkanes of at least 4 members (excludes halogenated alkanes) is 36. The smallest absolute Gasteiger partial charge is 0.306 e. The molecule has 0 aliphatic heterocycles. The lowest BCUT2D eigenvalue weighted by Crippen LogP contribution is -2.30. The van der Waals surface area contributed by atoms with Crippen LogP contribution < -0.4 is 0 Å². The summed E-state index contributed by atoms with van der Waals surface area (Å²) in [5.74, 6) is 0.907. The fraction of sp³-hybridized carbons (Fsp3) is 0.948. The number of hydrogen-bond donors (Lipinski definition) is 0. The molecule has 0 rings (SSSR count). The molecule has 0 fully saturated rings. The van der Waals surface area contributed by atoms with Crippen molar-refractivity contribution < 1.29 is 28.6 Å². The van der Waals surface area contributed by atoms with Crippen molar-refractivity contribution >= 4 is 17.9 Å². The first kappa shape index (κ1) is 62.4. The number of ether oxygens (including phenoxy) is 3. The van der Waals surface area contributed by atoms with Crippen molar-refractivity contribution in [3.05, 3.63) is 0 Å². The fourth-order valence-electron chi connectivity index (χ4n) is 8.84. The number of hydrogen-bond acceptors (Lipinski definition) is 6. The van der Waals surface area contributed by atoms with Crippen LogP contribution in [0.15, 0.2) is 0 Å². The second-order valence-corrected chi connectivity index (χ2v) is 20.6. The maximum absolute atomic E-state index is 12.7. The molecular formula is C58H112O6. The molecule has 0 amide bonds. The van der Waals surface area contributed by atoms with Crippen molar-refractivity contribution in [2.24, 2.45) is 11.8 Å². The zero-order valence-electron chi connectivity index (χ0n) is 43.9. The van der Waals surface area contributed by atoms with E-state index >= 15 is 0 Å². The highest BCUT2D eigenvalue weighted by Gasteiger charge is 2.19. The van der Waals surface area contributed by atoms with Gasteiger partial charge in [-0.15, -0.1) is 0 Å². The van der Waals surface area contributed by atoms with E-state index in [1.54, 1.807) is 0 Å². The Morgan fingerprint density at radius 2 is 0.594 bits per heavy atom. The van der Waals surface area contributed by atoms with Gasteiger partial charge in [0.2, 0.25) is 0 Å². The molecule has 0 spiro atoms. The number of esters is 3. The molecule has 0 aromatic rings. The van der Waals surface area contributed by atoms with Crippen LogP contribution >= 0.6 is 0 Å². The quantitative estimate of drug-likeness (QED) is 0.0344. The van der Waals surface area contributed by atoms with E-state index in [4.69, 9.17) is 14.2 Å². The Balaban J connectivity index is 4.09. The summed E-state index contributed by atoms with van der Waals surface area (Å²) in [7, 11) is 0. The van der Waals surface area contributed by atoms with Gasteiger partial charge in [-0.1, -0.05) is 285 Å². The molecule has 380 valence electrons. The van der Waals surface area contributed by atoms with Gasteiger partial charge in [-0.25, -0.2) is 0 Å². The average molecular weight is 906 g/mol. The first-order chi connectivity index (χ1) is 31.3. The van der Waals surface area contributed by atoms with E-state index in [1.165, 1.54) is 212 Å². The molecule has 0 radical (unpaired) electrons. The van der Waals surface area contributed by atoms with Crippen LogP contribution in [0.25, 0.3) is 0 Å². The molecule has 0 aliphatic carbocycles. The number of carbonyl (C=O) groups is 3. The SMILES string of the molecule is CCCCCCCCCC(=O)O[C@H](COC(=O)CCCCCCCCCCCCCCCCCCCCC(C)C)COC(=O)CCCCCCCCCCCCCCCCC(C)CC. The summed E-state index contributed by atoms with van der Waals surface area (Å²) in [6.07, 6.45) is 54.0. The molecule has 0 N–H and O–H groups in total. The molecule has 0 aromatic heterocycles. The molecule has 6 heteroatoms. The Morgan fingerprint density at radius 3 is 0.891 bits per heavy atom. The first-order valence-corrected chi connectivity index (χ1v) is 28.8. The predicted molar refractivity (Wildman–Crippen MR) is 275 cm³/mol. The predicted octanol–water partition coefficient (Wildman–Crippen LogP) is 18.9. The Bertz CT molecular complexity index is 980. The summed E-state index contributed by atoms with van der Waals surface area (Å²) < 4.78 is 16.8. The van der Waals surface area contributed by atoms with E-state index in [1.807, 2.05) is 0 Å². The van der Waals surface area contributed by atoms with Crippen molar-refractivity contribution in [1.29, 1.82) is 0 Å². The molecule has 0 aliphatic rings. The largest absolute Gasteiger partial charge is 0.462 e. The normalized spacial score (nSPS) is 12.5. The lowest BCUT2D eigenvalue weighted by Gasteiger charge is -2.18. The molecular weight excluding hydrogens is 793 g/mol. The first-order valence-electron chi connectivity index (χ1n) is 28.8. The average Bonchev–Trinajstić information content (AvgIpc) is 3.28. The Labute approximate surface area is 399 Å². The lowest BCUT2D eigenvalue weighted by molar-refractivity contribution is -0.167. The van der Waals surface area contributed by atoms with Crippen LogP contribution in [0.2, 0.25) is 0 Å². The molecule has 0 bridgehead atoms. The molecule has 0 saturated carbocycles. The van der Waals surface area contributed by atoms with Gasteiger partial charge in [-0.05, 0) is 31.1 Å². The summed E-state index contributed by atoms with van der Waals surface area (Å²) in [6, 6.07) is 0. The third-order valence-corrected chi connectivity index (χ3v) is 13.6. The number of carbonyl (C=O) groups excluding carboxylic acids is 3. The minimum atomic E-state index is -0.761. The van der Waals surface area contributed by atoms with Crippen LogP contribution in [0, 0.1) is 11.8 Å². The van der Waals surface area contributed by atoms with E-state index < -0.39 is 6.10 Å².